The summed E-state index contributed by atoms with van der Waals surface area (Å²) in [5, 5.41) is 1.20. The first-order valence-electron chi connectivity index (χ1n) is 15.7. The number of ether oxygens (including phenoxy) is 1. The molecule has 0 atom stereocenters. The number of rotatable bonds is 10. The van der Waals surface area contributed by atoms with Crippen LogP contribution in [0.15, 0.2) is 30.5 Å². The summed E-state index contributed by atoms with van der Waals surface area (Å²) < 4.78 is 6.64. The van der Waals surface area contributed by atoms with E-state index in [1.165, 1.54) is 75.3 Å². The van der Waals surface area contributed by atoms with Gasteiger partial charge in [0.1, 0.15) is 17.4 Å². The van der Waals surface area contributed by atoms with Gasteiger partial charge in [-0.05, 0) is 100 Å². The fraction of sp³-hybridized carbons (Fsp3) is 0.697. The van der Waals surface area contributed by atoms with Crippen LogP contribution < -0.4 is 4.74 Å². The van der Waals surface area contributed by atoms with Crippen molar-refractivity contribution in [3.63, 3.8) is 0 Å². The fourth-order valence-corrected chi connectivity index (χ4v) is 6.93. The van der Waals surface area contributed by atoms with E-state index in [1.807, 2.05) is 12.3 Å². The van der Waals surface area contributed by atoms with Crippen molar-refractivity contribution in [2.75, 3.05) is 32.7 Å². The van der Waals surface area contributed by atoms with Crippen LogP contribution in [0.1, 0.15) is 96.0 Å². The number of nitrogens with zero attached hydrogens (tertiary/aromatic N) is 3. The number of fused-ring (bicyclic) bond motifs is 1. The van der Waals surface area contributed by atoms with Gasteiger partial charge in [-0.15, -0.1) is 0 Å². The van der Waals surface area contributed by atoms with Crippen molar-refractivity contribution < 1.29 is 9.53 Å². The quantitative estimate of drug-likeness (QED) is 0.317. The standard InChI is InChI=1S/C33H49N3O2/c1-2-3-4-6-10-27-23-29-11-9-18-34-32(29)31(24-27)38-30-16-21-35(22-17-30)25-26-12-14-28(15-13-26)33(37)36-19-7-5-8-20-36/h9,11,18,23-24,26,28,30H,2-8,10,12-17,19-22,25H2,1H3. The van der Waals surface area contributed by atoms with Crippen LogP contribution in [0.2, 0.25) is 0 Å². The molecule has 1 aromatic carbocycles. The zero-order valence-electron chi connectivity index (χ0n) is 23.7. The molecule has 1 aromatic heterocycles. The van der Waals surface area contributed by atoms with Crippen molar-refractivity contribution in [3.05, 3.63) is 36.0 Å². The number of unbranched alkanes of at least 4 members (excludes halogenated alkanes) is 3. The molecule has 5 heteroatoms. The third-order valence-corrected chi connectivity index (χ3v) is 9.26. The van der Waals surface area contributed by atoms with E-state index in [0.29, 0.717) is 5.91 Å². The zero-order valence-corrected chi connectivity index (χ0v) is 23.7. The van der Waals surface area contributed by atoms with Crippen LogP contribution in [-0.2, 0) is 11.2 Å². The second-order valence-corrected chi connectivity index (χ2v) is 12.2. The SMILES string of the molecule is CCCCCCc1cc(OC2CCN(CC3CCC(C(=O)N4CCCCC4)CC3)CC2)c2ncccc2c1. The minimum absolute atomic E-state index is 0.268. The van der Waals surface area contributed by atoms with E-state index >= 15 is 0 Å². The van der Waals surface area contributed by atoms with E-state index < -0.39 is 0 Å². The number of aryl methyl sites for hydroxylation is 1. The Kier molecular flexibility index (Phi) is 9.94. The molecule has 1 aliphatic carbocycles. The summed E-state index contributed by atoms with van der Waals surface area (Å²) in [7, 11) is 0. The first kappa shape index (κ1) is 27.4. The van der Waals surface area contributed by atoms with E-state index in [0.717, 1.165) is 75.5 Å². The lowest BCUT2D eigenvalue weighted by atomic mass is 9.80. The minimum Gasteiger partial charge on any atom is -0.488 e. The summed E-state index contributed by atoms with van der Waals surface area (Å²) in [4.78, 5) is 22.4. The average molecular weight is 520 g/mol. The van der Waals surface area contributed by atoms with Crippen molar-refractivity contribution in [1.82, 2.24) is 14.8 Å². The summed E-state index contributed by atoms with van der Waals surface area (Å²) in [6, 6.07) is 8.76. The smallest absolute Gasteiger partial charge is 0.225 e. The number of hydrogen-bond donors (Lipinski definition) is 0. The number of aromatic nitrogens is 1. The molecule has 1 saturated carbocycles. The van der Waals surface area contributed by atoms with Crippen molar-refractivity contribution in [1.29, 1.82) is 0 Å². The molecule has 2 aliphatic heterocycles. The van der Waals surface area contributed by atoms with Gasteiger partial charge in [0.05, 0.1) is 0 Å². The molecular weight excluding hydrogens is 470 g/mol. The van der Waals surface area contributed by atoms with Crippen LogP contribution in [-0.4, -0.2) is 59.5 Å². The summed E-state index contributed by atoms with van der Waals surface area (Å²) in [6.45, 7) is 7.66. The first-order valence-corrected chi connectivity index (χ1v) is 15.7. The van der Waals surface area contributed by atoms with Crippen molar-refractivity contribution in [2.45, 2.75) is 103 Å². The molecule has 3 heterocycles. The third-order valence-electron chi connectivity index (χ3n) is 9.26. The summed E-state index contributed by atoms with van der Waals surface area (Å²) >= 11 is 0. The zero-order chi connectivity index (χ0) is 26.2. The molecule has 0 radical (unpaired) electrons. The first-order chi connectivity index (χ1) is 18.7. The average Bonchev–Trinajstić information content (AvgIpc) is 2.97. The van der Waals surface area contributed by atoms with Crippen molar-refractivity contribution in [3.8, 4) is 5.75 Å². The van der Waals surface area contributed by atoms with E-state index in [4.69, 9.17) is 4.74 Å². The van der Waals surface area contributed by atoms with Crippen LogP contribution in [0.5, 0.6) is 5.75 Å². The molecule has 0 spiro atoms. The second kappa shape index (κ2) is 13.8. The van der Waals surface area contributed by atoms with Crippen molar-refractivity contribution in [2.24, 2.45) is 11.8 Å². The second-order valence-electron chi connectivity index (χ2n) is 12.2. The van der Waals surface area contributed by atoms with E-state index in [2.05, 4.69) is 39.9 Å². The molecule has 3 aliphatic rings. The lowest BCUT2D eigenvalue weighted by Crippen LogP contribution is -2.43. The number of carbonyl (C=O) groups excluding carboxylic acids is 1. The van der Waals surface area contributed by atoms with E-state index in [-0.39, 0.29) is 12.0 Å². The minimum atomic E-state index is 0.268. The maximum absolute atomic E-state index is 12.9. The monoisotopic (exact) mass is 519 g/mol. The molecular formula is C33H49N3O2. The van der Waals surface area contributed by atoms with Crippen LogP contribution in [0, 0.1) is 11.8 Å². The van der Waals surface area contributed by atoms with Crippen molar-refractivity contribution >= 4 is 16.8 Å². The summed E-state index contributed by atoms with van der Waals surface area (Å²) in [6.07, 6.45) is 18.8. The van der Waals surface area contributed by atoms with Crippen LogP contribution >= 0.6 is 0 Å². The van der Waals surface area contributed by atoms with Crippen LogP contribution in [0.25, 0.3) is 10.9 Å². The van der Waals surface area contributed by atoms with E-state index in [1.54, 1.807) is 0 Å². The highest BCUT2D eigenvalue weighted by molar-refractivity contribution is 5.85. The molecule has 208 valence electrons. The Balaban J connectivity index is 1.08. The van der Waals surface area contributed by atoms with Gasteiger partial charge < -0.3 is 14.5 Å². The van der Waals surface area contributed by atoms with Gasteiger partial charge in [0, 0.05) is 50.2 Å². The Morgan fingerprint density at radius 2 is 1.74 bits per heavy atom. The Hall–Kier alpha value is -2.14. The highest BCUT2D eigenvalue weighted by Crippen LogP contribution is 2.33. The third kappa shape index (κ3) is 7.28. The molecule has 2 saturated heterocycles. The molecule has 1 amide bonds. The van der Waals surface area contributed by atoms with Gasteiger partial charge in [-0.2, -0.15) is 0 Å². The van der Waals surface area contributed by atoms with Gasteiger partial charge in [0.2, 0.25) is 5.91 Å². The molecule has 0 N–H and O–H groups in total. The number of benzene rings is 1. The van der Waals surface area contributed by atoms with Gasteiger partial charge in [0.15, 0.2) is 0 Å². The molecule has 0 bridgehead atoms. The maximum Gasteiger partial charge on any atom is 0.225 e. The fourth-order valence-electron chi connectivity index (χ4n) is 6.93. The Bertz CT molecular complexity index is 1020. The maximum atomic E-state index is 12.9. The lowest BCUT2D eigenvalue weighted by molar-refractivity contribution is -0.137. The number of amides is 1. The largest absolute Gasteiger partial charge is 0.488 e. The molecule has 5 nitrogen and oxygen atoms in total. The number of piperidine rings is 2. The molecule has 0 unspecified atom stereocenters. The highest BCUT2D eigenvalue weighted by atomic mass is 16.5. The van der Waals surface area contributed by atoms with Gasteiger partial charge in [0.25, 0.3) is 0 Å². The Morgan fingerprint density at radius 3 is 2.50 bits per heavy atom. The lowest BCUT2D eigenvalue weighted by Gasteiger charge is -2.37. The number of carbonyl (C=O) groups is 1. The van der Waals surface area contributed by atoms with Gasteiger partial charge in [-0.25, -0.2) is 0 Å². The highest BCUT2D eigenvalue weighted by Gasteiger charge is 2.31. The summed E-state index contributed by atoms with van der Waals surface area (Å²) in [5.41, 5.74) is 2.38. The number of hydrogen-bond acceptors (Lipinski definition) is 4. The van der Waals surface area contributed by atoms with E-state index in [9.17, 15) is 4.79 Å². The predicted molar refractivity (Wildman–Crippen MR) is 156 cm³/mol. The molecule has 5 rings (SSSR count). The molecule has 2 aromatic rings. The normalized spacial score (nSPS) is 23.6. The van der Waals surface area contributed by atoms with Crippen LogP contribution in [0.4, 0.5) is 0 Å². The van der Waals surface area contributed by atoms with Crippen LogP contribution in [0.3, 0.4) is 0 Å². The van der Waals surface area contributed by atoms with Gasteiger partial charge in [-0.3, -0.25) is 9.78 Å². The Labute approximate surface area is 230 Å². The van der Waals surface area contributed by atoms with Gasteiger partial charge in [-0.1, -0.05) is 32.3 Å². The number of likely N-dealkylation sites (tertiary alicyclic amines) is 2. The molecule has 38 heavy (non-hydrogen) atoms. The Morgan fingerprint density at radius 1 is 0.947 bits per heavy atom. The number of pyridine rings is 1. The molecule has 3 fully saturated rings. The van der Waals surface area contributed by atoms with Gasteiger partial charge >= 0.3 is 0 Å². The predicted octanol–water partition coefficient (Wildman–Crippen LogP) is 7.02. The summed E-state index contributed by atoms with van der Waals surface area (Å²) in [5.74, 6) is 2.46. The topological polar surface area (TPSA) is 45.7 Å².